The Morgan fingerprint density at radius 1 is 1.62 bits per heavy atom. The molecule has 0 aliphatic carbocycles. The molecule has 4 nitrogen and oxygen atoms in total. The molecule has 3 rings (SSSR count). The van der Waals surface area contributed by atoms with Gasteiger partial charge in [-0.3, -0.25) is 4.79 Å². The Balaban J connectivity index is 1.62. The van der Waals surface area contributed by atoms with Crippen molar-refractivity contribution in [2.24, 2.45) is 5.92 Å². The lowest BCUT2D eigenvalue weighted by molar-refractivity contribution is -0.0449. The van der Waals surface area contributed by atoms with Gasteiger partial charge in [-0.1, -0.05) is 6.07 Å². The lowest BCUT2D eigenvalue weighted by Gasteiger charge is -2.39. The van der Waals surface area contributed by atoms with Crippen molar-refractivity contribution in [3.05, 3.63) is 22.4 Å². The highest BCUT2D eigenvalue weighted by molar-refractivity contribution is 7.12. The first kappa shape index (κ1) is 15.0. The SMILES string of the molecule is COCCC1COC2(CCCN(C(=O)c3cccs3)C2)C1. The molecule has 0 saturated carbocycles. The lowest BCUT2D eigenvalue weighted by Crippen LogP contribution is -2.50. The Morgan fingerprint density at radius 3 is 3.29 bits per heavy atom. The highest BCUT2D eigenvalue weighted by Gasteiger charge is 2.44. The Labute approximate surface area is 130 Å². The van der Waals surface area contributed by atoms with E-state index in [0.717, 1.165) is 56.9 Å². The molecule has 5 heteroatoms. The summed E-state index contributed by atoms with van der Waals surface area (Å²) >= 11 is 1.52. The summed E-state index contributed by atoms with van der Waals surface area (Å²) in [6, 6.07) is 3.84. The van der Waals surface area contributed by atoms with E-state index in [0.29, 0.717) is 5.92 Å². The molecule has 1 aromatic rings. The zero-order valence-corrected chi connectivity index (χ0v) is 13.4. The molecule has 1 spiro atoms. The molecule has 2 unspecified atom stereocenters. The number of rotatable bonds is 4. The molecule has 116 valence electrons. The summed E-state index contributed by atoms with van der Waals surface area (Å²) in [7, 11) is 1.74. The minimum atomic E-state index is -0.108. The van der Waals surface area contributed by atoms with Crippen molar-refractivity contribution in [3.63, 3.8) is 0 Å². The van der Waals surface area contributed by atoms with Gasteiger partial charge in [0, 0.05) is 20.3 Å². The van der Waals surface area contributed by atoms with Gasteiger partial charge >= 0.3 is 0 Å². The average molecular weight is 309 g/mol. The largest absolute Gasteiger partial charge is 0.385 e. The van der Waals surface area contributed by atoms with E-state index in [2.05, 4.69) is 0 Å². The molecule has 2 fully saturated rings. The van der Waals surface area contributed by atoms with Crippen LogP contribution in [0.5, 0.6) is 0 Å². The summed E-state index contributed by atoms with van der Waals surface area (Å²) in [5.74, 6) is 0.731. The molecule has 1 amide bonds. The summed E-state index contributed by atoms with van der Waals surface area (Å²) in [6.07, 6.45) is 4.22. The summed E-state index contributed by atoms with van der Waals surface area (Å²) in [5.41, 5.74) is -0.108. The van der Waals surface area contributed by atoms with E-state index in [1.54, 1.807) is 7.11 Å². The lowest BCUT2D eigenvalue weighted by atomic mass is 9.85. The first-order valence-corrected chi connectivity index (χ1v) is 8.56. The molecule has 1 aromatic heterocycles. The van der Waals surface area contributed by atoms with Gasteiger partial charge in [0.15, 0.2) is 0 Å². The zero-order valence-electron chi connectivity index (χ0n) is 12.5. The number of hydrogen-bond acceptors (Lipinski definition) is 4. The number of amides is 1. The number of thiophene rings is 1. The molecular formula is C16H23NO3S. The van der Waals surface area contributed by atoms with Crippen LogP contribution in [0.15, 0.2) is 17.5 Å². The molecule has 0 radical (unpaired) electrons. The van der Waals surface area contributed by atoms with Gasteiger partial charge in [-0.15, -0.1) is 11.3 Å². The van der Waals surface area contributed by atoms with Crippen LogP contribution in [0, 0.1) is 5.92 Å². The van der Waals surface area contributed by atoms with Crippen molar-refractivity contribution in [3.8, 4) is 0 Å². The topological polar surface area (TPSA) is 38.8 Å². The van der Waals surface area contributed by atoms with Crippen LogP contribution >= 0.6 is 11.3 Å². The van der Waals surface area contributed by atoms with E-state index in [1.165, 1.54) is 11.3 Å². The van der Waals surface area contributed by atoms with Crippen LogP contribution in [-0.2, 0) is 9.47 Å². The van der Waals surface area contributed by atoms with Crippen LogP contribution in [0.3, 0.4) is 0 Å². The number of carbonyl (C=O) groups is 1. The average Bonchev–Trinajstić information content (AvgIpc) is 3.15. The standard InChI is InChI=1S/C16H23NO3S/c1-19-8-5-13-10-16(20-11-13)6-3-7-17(12-16)15(18)14-4-2-9-21-14/h2,4,9,13H,3,5-8,10-12H2,1H3. The highest BCUT2D eigenvalue weighted by atomic mass is 32.1. The van der Waals surface area contributed by atoms with E-state index in [4.69, 9.17) is 9.47 Å². The van der Waals surface area contributed by atoms with E-state index in [1.807, 2.05) is 22.4 Å². The summed E-state index contributed by atoms with van der Waals surface area (Å²) < 4.78 is 11.3. The second-order valence-electron chi connectivity index (χ2n) is 6.15. The minimum absolute atomic E-state index is 0.108. The number of likely N-dealkylation sites (tertiary alicyclic amines) is 1. The molecule has 2 aliphatic heterocycles. The third-order valence-electron chi connectivity index (χ3n) is 4.57. The third-order valence-corrected chi connectivity index (χ3v) is 5.43. The van der Waals surface area contributed by atoms with Crippen molar-refractivity contribution in [1.29, 1.82) is 0 Å². The second kappa shape index (κ2) is 6.46. The molecular weight excluding hydrogens is 286 g/mol. The molecule has 2 saturated heterocycles. The quantitative estimate of drug-likeness (QED) is 0.858. The smallest absolute Gasteiger partial charge is 0.264 e. The van der Waals surface area contributed by atoms with Crippen LogP contribution in [0.2, 0.25) is 0 Å². The van der Waals surface area contributed by atoms with Gasteiger partial charge in [-0.25, -0.2) is 0 Å². The third kappa shape index (κ3) is 3.30. The van der Waals surface area contributed by atoms with Crippen molar-refractivity contribution in [2.75, 3.05) is 33.4 Å². The maximum atomic E-state index is 12.5. The van der Waals surface area contributed by atoms with Gasteiger partial charge in [-0.2, -0.15) is 0 Å². The predicted octanol–water partition coefficient (Wildman–Crippen LogP) is 2.80. The molecule has 2 atom stereocenters. The Hall–Kier alpha value is -0.910. The van der Waals surface area contributed by atoms with Gasteiger partial charge in [0.05, 0.1) is 23.6 Å². The Kier molecular flexibility index (Phi) is 4.62. The van der Waals surface area contributed by atoms with Crippen molar-refractivity contribution in [2.45, 2.75) is 31.3 Å². The van der Waals surface area contributed by atoms with Crippen LogP contribution in [0.25, 0.3) is 0 Å². The summed E-state index contributed by atoms with van der Waals surface area (Å²) in [5, 5.41) is 1.96. The normalized spacial score (nSPS) is 29.2. The number of piperidine rings is 1. The van der Waals surface area contributed by atoms with Gasteiger partial charge in [0.1, 0.15) is 0 Å². The molecule has 21 heavy (non-hydrogen) atoms. The molecule has 0 bridgehead atoms. The van der Waals surface area contributed by atoms with Crippen molar-refractivity contribution < 1.29 is 14.3 Å². The molecule has 3 heterocycles. The Bertz CT molecular complexity index is 476. The van der Waals surface area contributed by atoms with Crippen LogP contribution in [0.1, 0.15) is 35.4 Å². The van der Waals surface area contributed by atoms with Crippen LogP contribution in [0.4, 0.5) is 0 Å². The summed E-state index contributed by atoms with van der Waals surface area (Å²) in [4.78, 5) is 15.3. The number of methoxy groups -OCH3 is 1. The van der Waals surface area contributed by atoms with E-state index < -0.39 is 0 Å². The first-order valence-electron chi connectivity index (χ1n) is 7.68. The molecule has 0 N–H and O–H groups in total. The van der Waals surface area contributed by atoms with E-state index in [-0.39, 0.29) is 11.5 Å². The number of hydrogen-bond donors (Lipinski definition) is 0. The van der Waals surface area contributed by atoms with E-state index in [9.17, 15) is 4.79 Å². The van der Waals surface area contributed by atoms with Crippen molar-refractivity contribution >= 4 is 17.2 Å². The van der Waals surface area contributed by atoms with Crippen LogP contribution < -0.4 is 0 Å². The van der Waals surface area contributed by atoms with Crippen LogP contribution in [-0.4, -0.2) is 49.8 Å². The van der Waals surface area contributed by atoms with Gasteiger partial charge in [0.25, 0.3) is 5.91 Å². The first-order chi connectivity index (χ1) is 10.2. The fourth-order valence-electron chi connectivity index (χ4n) is 3.52. The van der Waals surface area contributed by atoms with Gasteiger partial charge in [-0.05, 0) is 43.0 Å². The second-order valence-corrected chi connectivity index (χ2v) is 7.10. The molecule has 0 aromatic carbocycles. The van der Waals surface area contributed by atoms with Gasteiger partial charge in [0.2, 0.25) is 0 Å². The Morgan fingerprint density at radius 2 is 2.52 bits per heavy atom. The zero-order chi connectivity index (χ0) is 14.7. The van der Waals surface area contributed by atoms with Crippen molar-refractivity contribution in [1.82, 2.24) is 4.90 Å². The monoisotopic (exact) mass is 309 g/mol. The van der Waals surface area contributed by atoms with E-state index >= 15 is 0 Å². The fraction of sp³-hybridized carbons (Fsp3) is 0.688. The maximum absolute atomic E-state index is 12.5. The maximum Gasteiger partial charge on any atom is 0.264 e. The number of carbonyl (C=O) groups excluding carboxylic acids is 1. The highest BCUT2D eigenvalue weighted by Crippen LogP contribution is 2.39. The number of nitrogens with zero attached hydrogens (tertiary/aromatic N) is 1. The predicted molar refractivity (Wildman–Crippen MR) is 82.7 cm³/mol. The summed E-state index contributed by atoms with van der Waals surface area (Å²) in [6.45, 7) is 3.20. The number of ether oxygens (including phenoxy) is 2. The molecule has 2 aliphatic rings. The fourth-order valence-corrected chi connectivity index (χ4v) is 4.21. The minimum Gasteiger partial charge on any atom is -0.385 e. The van der Waals surface area contributed by atoms with Gasteiger partial charge < -0.3 is 14.4 Å².